The van der Waals surface area contributed by atoms with Crippen LogP contribution >= 0.6 is 7.75 Å². The second-order valence-corrected chi connectivity index (χ2v) is 10.1. The number of aliphatic carboxylic acids is 1. The summed E-state index contributed by atoms with van der Waals surface area (Å²) >= 11 is 0. The van der Waals surface area contributed by atoms with Gasteiger partial charge in [0.2, 0.25) is 11.8 Å². The molecule has 0 saturated heterocycles. The smallest absolute Gasteiger partial charge is 0.459 e. The fourth-order valence-corrected chi connectivity index (χ4v) is 5.23. The van der Waals surface area contributed by atoms with E-state index >= 15 is 0 Å². The van der Waals surface area contributed by atoms with Crippen LogP contribution in [0.25, 0.3) is 11.2 Å². The molecule has 0 radical (unpaired) electrons. The van der Waals surface area contributed by atoms with E-state index in [9.17, 15) is 27.6 Å². The van der Waals surface area contributed by atoms with Crippen molar-refractivity contribution in [2.24, 2.45) is 5.92 Å². The molecule has 4 N–H and O–H groups in total. The Bertz CT molecular complexity index is 1370. The van der Waals surface area contributed by atoms with Crippen LogP contribution in [-0.4, -0.2) is 56.0 Å². The number of allylic oxidation sites excluding steroid dienone is 1. The number of hydrogen-bond acceptors (Lipinski definition) is 9. The molecule has 2 heterocycles. The molecule has 1 aliphatic rings. The quantitative estimate of drug-likeness (QED) is 0.233. The van der Waals surface area contributed by atoms with Crippen LogP contribution in [0.4, 0.5) is 19.1 Å². The molecule has 0 amide bonds. The Kier molecular flexibility index (Phi) is 7.90. The maximum absolute atomic E-state index is 13.4. The number of rotatable bonds is 11. The minimum atomic E-state index is -4.57. The van der Waals surface area contributed by atoms with Gasteiger partial charge in [-0.25, -0.2) is 9.55 Å². The number of aromatic nitrogens is 4. The Morgan fingerprint density at radius 3 is 2.71 bits per heavy atom. The number of nitrogens with one attached hydrogen (secondary N) is 1. The average Bonchev–Trinajstić information content (AvgIpc) is 3.48. The lowest BCUT2D eigenvalue weighted by molar-refractivity contribution is -0.153. The number of nitrogen functional groups attached to an aromatic ring is 1. The van der Waals surface area contributed by atoms with E-state index < -0.39 is 32.5 Å². The summed E-state index contributed by atoms with van der Waals surface area (Å²) in [6.07, 6.45) is 0.845. The van der Waals surface area contributed by atoms with Crippen molar-refractivity contribution in [3.05, 3.63) is 48.8 Å². The molecule has 0 fully saturated rings. The molecule has 38 heavy (non-hydrogen) atoms. The van der Waals surface area contributed by atoms with E-state index in [2.05, 4.69) is 20.0 Å². The molecular formula is C22H24F3N6O6P. The first-order chi connectivity index (χ1) is 17.9. The van der Waals surface area contributed by atoms with E-state index in [0.717, 1.165) is 0 Å². The zero-order chi connectivity index (χ0) is 27.5. The summed E-state index contributed by atoms with van der Waals surface area (Å²) in [4.78, 5) is 23.2. The van der Waals surface area contributed by atoms with Crippen molar-refractivity contribution >= 4 is 30.8 Å². The fourth-order valence-electron chi connectivity index (χ4n) is 3.68. The largest absolute Gasteiger partial charge is 0.480 e. The van der Waals surface area contributed by atoms with Crippen LogP contribution in [0.2, 0.25) is 0 Å². The topological polar surface area (TPSA) is 164 Å². The maximum atomic E-state index is 13.4. The molecule has 16 heteroatoms. The highest BCUT2D eigenvalue weighted by Crippen LogP contribution is 2.46. The minimum Gasteiger partial charge on any atom is -0.480 e. The van der Waals surface area contributed by atoms with Gasteiger partial charge in [-0.2, -0.15) is 28.2 Å². The lowest BCUT2D eigenvalue weighted by atomic mass is 10.1. The van der Waals surface area contributed by atoms with Gasteiger partial charge in [-0.3, -0.25) is 9.32 Å². The number of nitrogens with two attached hydrogens (primary N) is 1. The van der Waals surface area contributed by atoms with Crippen LogP contribution in [0.15, 0.2) is 48.8 Å². The lowest BCUT2D eigenvalue weighted by Crippen LogP contribution is -2.33. The van der Waals surface area contributed by atoms with Gasteiger partial charge in [-0.1, -0.05) is 30.4 Å². The second-order valence-electron chi connectivity index (χ2n) is 8.45. The number of nitrogens with zero attached hydrogens (tertiary/aromatic N) is 4. The first kappa shape index (κ1) is 27.4. The van der Waals surface area contributed by atoms with Crippen molar-refractivity contribution in [2.45, 2.75) is 31.6 Å². The number of carboxylic acid groups (broad SMARTS) is 1. The predicted octanol–water partition coefficient (Wildman–Crippen LogP) is 3.73. The Labute approximate surface area is 214 Å². The van der Waals surface area contributed by atoms with E-state index in [-0.39, 0.29) is 47.3 Å². The van der Waals surface area contributed by atoms with Crippen LogP contribution in [-0.2, 0) is 13.9 Å². The molecular weight excluding hydrogens is 532 g/mol. The molecule has 204 valence electrons. The van der Waals surface area contributed by atoms with Crippen molar-refractivity contribution in [3.63, 3.8) is 0 Å². The first-order valence-electron chi connectivity index (χ1n) is 11.3. The first-order valence-corrected chi connectivity index (χ1v) is 12.8. The summed E-state index contributed by atoms with van der Waals surface area (Å²) in [7, 11) is -4.09. The lowest BCUT2D eigenvalue weighted by Gasteiger charge is -2.23. The molecule has 0 saturated carbocycles. The second kappa shape index (κ2) is 11.0. The van der Waals surface area contributed by atoms with Gasteiger partial charge in [0, 0.05) is 5.92 Å². The number of alkyl halides is 3. The number of hydrogen-bond donors (Lipinski definition) is 3. The summed E-state index contributed by atoms with van der Waals surface area (Å²) in [5.74, 6) is -1.95. The van der Waals surface area contributed by atoms with Gasteiger partial charge in [0.15, 0.2) is 17.8 Å². The van der Waals surface area contributed by atoms with Gasteiger partial charge in [0.1, 0.15) is 11.8 Å². The Morgan fingerprint density at radius 2 is 2.03 bits per heavy atom. The van der Waals surface area contributed by atoms with Gasteiger partial charge in [0.05, 0.1) is 19.0 Å². The SMILES string of the molecule is C[C@H](N[P@@](=O)(OC[C@@H]1C=C[C@H](n2cnc3c(OCC(F)(F)F)nc(N)nc32)C1)Oc1ccccc1)C(=O)O. The Morgan fingerprint density at radius 1 is 1.29 bits per heavy atom. The molecule has 4 atom stereocenters. The number of anilines is 1. The van der Waals surface area contributed by atoms with Crippen LogP contribution in [0.1, 0.15) is 19.4 Å². The molecule has 0 bridgehead atoms. The molecule has 1 aromatic carbocycles. The van der Waals surface area contributed by atoms with Crippen LogP contribution in [0.3, 0.4) is 0 Å². The summed E-state index contributed by atoms with van der Waals surface area (Å²) < 4.78 is 68.7. The van der Waals surface area contributed by atoms with Gasteiger partial charge in [-0.15, -0.1) is 0 Å². The third-order valence-electron chi connectivity index (χ3n) is 5.44. The number of benzene rings is 1. The normalized spacial score (nSPS) is 19.8. The van der Waals surface area contributed by atoms with E-state index in [0.29, 0.717) is 6.42 Å². The predicted molar refractivity (Wildman–Crippen MR) is 128 cm³/mol. The van der Waals surface area contributed by atoms with Crippen molar-refractivity contribution in [1.82, 2.24) is 24.6 Å². The standard InChI is InChI=1S/C22H24F3N6O6P/c1-13(20(32)33)30-38(34,37-16-5-3-2-4-6-16)36-10-14-7-8-15(9-14)31-12-27-17-18(31)28-21(26)29-19(17)35-11-22(23,24)25/h2-8,12-15H,9-11H2,1H3,(H,30,34)(H,32,33)(H2,26,28,29)/t13-,14+,15-,38+/m0/s1. The zero-order valence-corrected chi connectivity index (χ0v) is 20.8. The third kappa shape index (κ3) is 6.79. The zero-order valence-electron chi connectivity index (χ0n) is 19.9. The van der Waals surface area contributed by atoms with Gasteiger partial charge >= 0.3 is 19.9 Å². The molecule has 12 nitrogen and oxygen atoms in total. The van der Waals surface area contributed by atoms with Gasteiger partial charge in [-0.05, 0) is 25.5 Å². The summed E-state index contributed by atoms with van der Waals surface area (Å²) in [6.45, 7) is -0.337. The van der Waals surface area contributed by atoms with E-state index in [1.165, 1.54) is 13.3 Å². The van der Waals surface area contributed by atoms with Crippen LogP contribution in [0, 0.1) is 5.92 Å². The molecule has 0 spiro atoms. The molecule has 2 aromatic heterocycles. The van der Waals surface area contributed by atoms with E-state index in [4.69, 9.17) is 19.5 Å². The number of fused-ring (bicyclic) bond motifs is 1. The Balaban J connectivity index is 1.46. The highest BCUT2D eigenvalue weighted by atomic mass is 31.2. The monoisotopic (exact) mass is 556 g/mol. The Hall–Kier alpha value is -3.68. The minimum absolute atomic E-state index is 0.0178. The van der Waals surface area contributed by atoms with Gasteiger partial charge in [0.25, 0.3) is 0 Å². The molecule has 0 aliphatic heterocycles. The summed E-state index contributed by atoms with van der Waals surface area (Å²) in [5, 5.41) is 11.6. The summed E-state index contributed by atoms with van der Waals surface area (Å²) in [5.41, 5.74) is 5.88. The number of imidazole rings is 1. The van der Waals surface area contributed by atoms with Crippen molar-refractivity contribution < 1.29 is 41.4 Å². The number of halogens is 3. The fraction of sp³-hybridized carbons (Fsp3) is 0.364. The van der Waals surface area contributed by atoms with Crippen molar-refractivity contribution in [1.29, 1.82) is 0 Å². The summed E-state index contributed by atoms with van der Waals surface area (Å²) in [6, 6.07) is 6.62. The van der Waals surface area contributed by atoms with Crippen LogP contribution in [0.5, 0.6) is 11.6 Å². The molecule has 3 aromatic rings. The number of ether oxygens (including phenoxy) is 1. The number of carboxylic acids is 1. The highest BCUT2D eigenvalue weighted by molar-refractivity contribution is 7.52. The molecule has 0 unspecified atom stereocenters. The van der Waals surface area contributed by atoms with E-state index in [1.807, 2.05) is 0 Å². The molecule has 1 aliphatic carbocycles. The average molecular weight is 556 g/mol. The van der Waals surface area contributed by atoms with Gasteiger partial charge < -0.3 is 24.7 Å². The van der Waals surface area contributed by atoms with E-state index in [1.54, 1.807) is 47.1 Å². The number of para-hydroxylation sites is 1. The van der Waals surface area contributed by atoms with Crippen molar-refractivity contribution in [2.75, 3.05) is 18.9 Å². The third-order valence-corrected chi connectivity index (χ3v) is 7.08. The highest BCUT2D eigenvalue weighted by Gasteiger charge is 2.34. The molecule has 4 rings (SSSR count). The van der Waals surface area contributed by atoms with Crippen molar-refractivity contribution in [3.8, 4) is 11.6 Å². The maximum Gasteiger partial charge on any atom is 0.459 e. The number of carbonyl (C=O) groups is 1. The van der Waals surface area contributed by atoms with Crippen LogP contribution < -0.4 is 20.1 Å².